The first-order valence-electron chi connectivity index (χ1n) is 5.56. The maximum Gasteiger partial charge on any atom is 0.156 e. The molecule has 92 valence electrons. The molecule has 18 heavy (non-hydrogen) atoms. The third kappa shape index (κ3) is 1.63. The van der Waals surface area contributed by atoms with Crippen molar-refractivity contribution in [3.63, 3.8) is 0 Å². The number of anilines is 1. The number of nitrogen functional groups attached to an aromatic ring is 1. The smallest absolute Gasteiger partial charge is 0.156 e. The minimum atomic E-state index is 0.413. The van der Waals surface area contributed by atoms with Gasteiger partial charge in [0.2, 0.25) is 0 Å². The summed E-state index contributed by atoms with van der Waals surface area (Å²) in [5.74, 6) is 1.12. The van der Waals surface area contributed by atoms with Gasteiger partial charge in [-0.05, 0) is 12.1 Å². The van der Waals surface area contributed by atoms with Crippen molar-refractivity contribution in [2.75, 3.05) is 12.8 Å². The average Bonchev–Trinajstić information content (AvgIpc) is 2.93. The highest BCUT2D eigenvalue weighted by Crippen LogP contribution is 2.27. The fourth-order valence-corrected chi connectivity index (χ4v) is 1.98. The maximum atomic E-state index is 5.87. The number of imidazole rings is 1. The van der Waals surface area contributed by atoms with Gasteiger partial charge in [-0.1, -0.05) is 12.1 Å². The van der Waals surface area contributed by atoms with Crippen LogP contribution in [-0.2, 0) is 11.3 Å². The van der Waals surface area contributed by atoms with Crippen molar-refractivity contribution in [3.05, 3.63) is 30.0 Å². The number of para-hydroxylation sites is 2. The summed E-state index contributed by atoms with van der Waals surface area (Å²) in [5, 5.41) is 6.85. The van der Waals surface area contributed by atoms with E-state index in [4.69, 9.17) is 10.5 Å². The zero-order valence-corrected chi connectivity index (χ0v) is 9.90. The zero-order valence-electron chi connectivity index (χ0n) is 9.90. The van der Waals surface area contributed by atoms with E-state index in [-0.39, 0.29) is 0 Å². The van der Waals surface area contributed by atoms with Gasteiger partial charge in [-0.3, -0.25) is 5.10 Å². The van der Waals surface area contributed by atoms with E-state index in [1.807, 2.05) is 24.3 Å². The van der Waals surface area contributed by atoms with E-state index < -0.39 is 0 Å². The third-order valence-electron chi connectivity index (χ3n) is 2.78. The fourth-order valence-electron chi connectivity index (χ4n) is 1.98. The lowest BCUT2D eigenvalue weighted by Gasteiger charge is -1.99. The van der Waals surface area contributed by atoms with Crippen molar-refractivity contribution >= 4 is 16.9 Å². The Kier molecular flexibility index (Phi) is 2.49. The van der Waals surface area contributed by atoms with Crippen LogP contribution in [0.4, 0.5) is 5.82 Å². The lowest BCUT2D eigenvalue weighted by Crippen LogP contribution is -1.94. The van der Waals surface area contributed by atoms with Gasteiger partial charge in [0, 0.05) is 7.11 Å². The van der Waals surface area contributed by atoms with Crippen molar-refractivity contribution in [3.8, 4) is 11.4 Å². The van der Waals surface area contributed by atoms with Crippen LogP contribution in [0.5, 0.6) is 0 Å². The van der Waals surface area contributed by atoms with E-state index in [9.17, 15) is 0 Å². The SMILES string of the molecule is COCc1[nH]nc(N)c1-c1nc2ccccc2[nH]1. The predicted molar refractivity (Wildman–Crippen MR) is 68.8 cm³/mol. The second kappa shape index (κ2) is 4.15. The van der Waals surface area contributed by atoms with Crippen molar-refractivity contribution in [2.45, 2.75) is 6.61 Å². The quantitative estimate of drug-likeness (QED) is 0.652. The monoisotopic (exact) mass is 243 g/mol. The number of nitrogens with zero attached hydrogens (tertiary/aromatic N) is 2. The number of ether oxygens (including phenoxy) is 1. The number of hydrogen-bond donors (Lipinski definition) is 3. The van der Waals surface area contributed by atoms with Crippen LogP contribution in [0.3, 0.4) is 0 Å². The van der Waals surface area contributed by atoms with E-state index >= 15 is 0 Å². The summed E-state index contributed by atoms with van der Waals surface area (Å²) in [5.41, 5.74) is 9.32. The van der Waals surface area contributed by atoms with Crippen molar-refractivity contribution in [2.24, 2.45) is 0 Å². The van der Waals surface area contributed by atoms with Crippen molar-refractivity contribution < 1.29 is 4.74 Å². The largest absolute Gasteiger partial charge is 0.382 e. The molecule has 2 heterocycles. The highest BCUT2D eigenvalue weighted by molar-refractivity contribution is 5.82. The Labute approximate surface area is 103 Å². The summed E-state index contributed by atoms with van der Waals surface area (Å²) in [7, 11) is 1.62. The van der Waals surface area contributed by atoms with E-state index in [1.54, 1.807) is 7.11 Å². The lowest BCUT2D eigenvalue weighted by atomic mass is 10.2. The molecule has 4 N–H and O–H groups in total. The van der Waals surface area contributed by atoms with Crippen LogP contribution in [0.15, 0.2) is 24.3 Å². The summed E-state index contributed by atoms with van der Waals surface area (Å²) in [6.45, 7) is 0.413. The number of rotatable bonds is 3. The molecule has 0 saturated heterocycles. The first-order chi connectivity index (χ1) is 8.79. The molecule has 1 aromatic carbocycles. The molecule has 0 saturated carbocycles. The molecule has 0 aliphatic rings. The Bertz CT molecular complexity index is 652. The number of hydrogen-bond acceptors (Lipinski definition) is 4. The summed E-state index contributed by atoms with van der Waals surface area (Å²) in [6, 6.07) is 7.82. The number of aromatic nitrogens is 4. The number of nitrogens with two attached hydrogens (primary N) is 1. The molecule has 6 heteroatoms. The van der Waals surface area contributed by atoms with Crippen LogP contribution < -0.4 is 5.73 Å². The molecule has 3 rings (SSSR count). The minimum Gasteiger partial charge on any atom is -0.382 e. The molecule has 0 spiro atoms. The second-order valence-electron chi connectivity index (χ2n) is 4.00. The molecule has 0 fully saturated rings. The van der Waals surface area contributed by atoms with Gasteiger partial charge >= 0.3 is 0 Å². The molecule has 6 nitrogen and oxygen atoms in total. The van der Waals surface area contributed by atoms with Gasteiger partial charge in [-0.15, -0.1) is 0 Å². The van der Waals surface area contributed by atoms with Gasteiger partial charge in [0.05, 0.1) is 28.9 Å². The molecule has 0 radical (unpaired) electrons. The van der Waals surface area contributed by atoms with Crippen LogP contribution in [0.25, 0.3) is 22.4 Å². The Hall–Kier alpha value is -2.34. The topological polar surface area (TPSA) is 92.6 Å². The van der Waals surface area contributed by atoms with Gasteiger partial charge in [0.1, 0.15) is 5.82 Å². The molecule has 0 bridgehead atoms. The predicted octanol–water partition coefficient (Wildman–Crippen LogP) is 1.68. The first-order valence-corrected chi connectivity index (χ1v) is 5.56. The number of methoxy groups -OCH3 is 1. The summed E-state index contributed by atoms with van der Waals surface area (Å²) >= 11 is 0. The van der Waals surface area contributed by atoms with E-state index in [0.717, 1.165) is 22.3 Å². The molecule has 0 atom stereocenters. The molecule has 0 aliphatic heterocycles. The molecular weight excluding hydrogens is 230 g/mol. The minimum absolute atomic E-state index is 0.413. The third-order valence-corrected chi connectivity index (χ3v) is 2.78. The highest BCUT2D eigenvalue weighted by atomic mass is 16.5. The van der Waals surface area contributed by atoms with Crippen LogP contribution in [0.2, 0.25) is 0 Å². The molecule has 0 amide bonds. The Morgan fingerprint density at radius 3 is 2.94 bits per heavy atom. The van der Waals surface area contributed by atoms with Gasteiger partial charge < -0.3 is 15.5 Å². The lowest BCUT2D eigenvalue weighted by molar-refractivity contribution is 0.182. The number of aromatic amines is 2. The molecule has 2 aromatic heterocycles. The zero-order chi connectivity index (χ0) is 12.5. The number of H-pyrrole nitrogens is 2. The van der Waals surface area contributed by atoms with Gasteiger partial charge in [0.15, 0.2) is 5.82 Å². The fraction of sp³-hybridized carbons (Fsp3) is 0.167. The summed E-state index contributed by atoms with van der Waals surface area (Å²) in [6.07, 6.45) is 0. The van der Waals surface area contributed by atoms with Crippen molar-refractivity contribution in [1.29, 1.82) is 0 Å². The molecule has 0 unspecified atom stereocenters. The maximum absolute atomic E-state index is 5.87. The standard InChI is InChI=1S/C12H13N5O/c1-18-6-9-10(11(13)17-16-9)12-14-7-4-2-3-5-8(7)15-12/h2-5H,6H2,1H3,(H,14,15)(H3,13,16,17). The van der Waals surface area contributed by atoms with Crippen LogP contribution in [-0.4, -0.2) is 27.3 Å². The molecule has 0 aliphatic carbocycles. The first kappa shape index (κ1) is 10.8. The van der Waals surface area contributed by atoms with Gasteiger partial charge in [0.25, 0.3) is 0 Å². The molecule has 3 aromatic rings. The Morgan fingerprint density at radius 1 is 1.33 bits per heavy atom. The van der Waals surface area contributed by atoms with E-state index in [0.29, 0.717) is 18.2 Å². The van der Waals surface area contributed by atoms with E-state index in [1.165, 1.54) is 0 Å². The summed E-state index contributed by atoms with van der Waals surface area (Å²) in [4.78, 5) is 7.74. The van der Waals surface area contributed by atoms with Crippen LogP contribution in [0, 0.1) is 0 Å². The van der Waals surface area contributed by atoms with Crippen LogP contribution in [0.1, 0.15) is 5.69 Å². The number of benzene rings is 1. The number of nitrogens with one attached hydrogen (secondary N) is 2. The van der Waals surface area contributed by atoms with Crippen molar-refractivity contribution in [1.82, 2.24) is 20.2 Å². The second-order valence-corrected chi connectivity index (χ2v) is 4.00. The van der Waals surface area contributed by atoms with Crippen LogP contribution >= 0.6 is 0 Å². The Balaban J connectivity index is 2.16. The number of fused-ring (bicyclic) bond motifs is 1. The van der Waals surface area contributed by atoms with E-state index in [2.05, 4.69) is 20.2 Å². The summed E-state index contributed by atoms with van der Waals surface area (Å²) < 4.78 is 5.11. The normalized spacial score (nSPS) is 11.2. The average molecular weight is 243 g/mol. The van der Waals surface area contributed by atoms with Gasteiger partial charge in [-0.2, -0.15) is 5.10 Å². The molecular formula is C12H13N5O. The highest BCUT2D eigenvalue weighted by Gasteiger charge is 2.16. The van der Waals surface area contributed by atoms with Gasteiger partial charge in [-0.25, -0.2) is 4.98 Å². The Morgan fingerprint density at radius 2 is 2.17 bits per heavy atom.